The van der Waals surface area contributed by atoms with Crippen LogP contribution in [0.4, 0.5) is 5.69 Å². The zero-order valence-corrected chi connectivity index (χ0v) is 12.3. The normalized spacial score (nSPS) is 11.6. The Labute approximate surface area is 116 Å². The van der Waals surface area contributed by atoms with Crippen LogP contribution in [0.25, 0.3) is 0 Å². The van der Waals surface area contributed by atoms with E-state index in [1.165, 1.54) is 16.9 Å². The smallest absolute Gasteiger partial charge is 0.136 e. The molecule has 0 spiro atoms. The molecule has 18 heavy (non-hydrogen) atoms. The van der Waals surface area contributed by atoms with Crippen molar-refractivity contribution in [3.05, 3.63) is 39.3 Å². The molecule has 1 N–H and O–H groups in total. The first-order valence-corrected chi connectivity index (χ1v) is 7.02. The third kappa shape index (κ3) is 3.00. The predicted octanol–water partition coefficient (Wildman–Crippen LogP) is 4.10. The van der Waals surface area contributed by atoms with Gasteiger partial charge in [0, 0.05) is 0 Å². The number of nitrogens with zero attached hydrogens (tertiary/aromatic N) is 2. The lowest BCUT2D eigenvalue weighted by atomic mass is 9.86. The van der Waals surface area contributed by atoms with Crippen LogP contribution in [0, 0.1) is 0 Å². The van der Waals surface area contributed by atoms with Gasteiger partial charge in [0.25, 0.3) is 0 Å². The number of para-hydroxylation sites is 1. The first-order chi connectivity index (χ1) is 8.48. The number of anilines is 1. The van der Waals surface area contributed by atoms with Crippen LogP contribution in [0.15, 0.2) is 23.7 Å². The van der Waals surface area contributed by atoms with Gasteiger partial charge >= 0.3 is 0 Å². The molecule has 0 bridgehead atoms. The van der Waals surface area contributed by atoms with Gasteiger partial charge < -0.3 is 5.32 Å². The quantitative estimate of drug-likeness (QED) is 0.920. The van der Waals surface area contributed by atoms with E-state index < -0.39 is 0 Å². The molecule has 1 heterocycles. The van der Waals surface area contributed by atoms with Gasteiger partial charge in [0.05, 0.1) is 17.3 Å². The summed E-state index contributed by atoms with van der Waals surface area (Å²) in [4.78, 5) is 0. The second-order valence-corrected chi connectivity index (χ2v) is 6.42. The zero-order valence-electron chi connectivity index (χ0n) is 10.7. The molecule has 0 radical (unpaired) electrons. The molecule has 5 heteroatoms. The Morgan fingerprint density at radius 2 is 2.11 bits per heavy atom. The lowest BCUT2D eigenvalue weighted by Gasteiger charge is -2.24. The molecule has 0 amide bonds. The number of hydrogen-bond acceptors (Lipinski definition) is 4. The summed E-state index contributed by atoms with van der Waals surface area (Å²) in [5, 5.41) is 12.9. The van der Waals surface area contributed by atoms with Crippen molar-refractivity contribution in [3.8, 4) is 0 Å². The minimum absolute atomic E-state index is 0.0500. The summed E-state index contributed by atoms with van der Waals surface area (Å²) in [7, 11) is 0. The number of hydrogen-bond donors (Lipinski definition) is 1. The summed E-state index contributed by atoms with van der Waals surface area (Å²) in [6.45, 7) is 7.18. The Hall–Kier alpha value is -1.13. The Bertz CT molecular complexity index is 518. The molecule has 0 unspecified atom stereocenters. The zero-order chi connectivity index (χ0) is 13.2. The number of benzene rings is 1. The van der Waals surface area contributed by atoms with Gasteiger partial charge in [-0.25, -0.2) is 0 Å². The highest BCUT2D eigenvalue weighted by atomic mass is 35.5. The molecular formula is C13H16ClN3S. The molecule has 2 rings (SSSR count). The molecule has 0 saturated carbocycles. The van der Waals surface area contributed by atoms with Crippen molar-refractivity contribution in [2.24, 2.45) is 0 Å². The average Bonchev–Trinajstić information content (AvgIpc) is 2.78. The maximum absolute atomic E-state index is 6.28. The summed E-state index contributed by atoms with van der Waals surface area (Å²) in [5.41, 5.74) is 3.98. The molecule has 0 aliphatic heterocycles. The highest BCUT2D eigenvalue weighted by Crippen LogP contribution is 2.34. The van der Waals surface area contributed by atoms with E-state index in [-0.39, 0.29) is 5.41 Å². The van der Waals surface area contributed by atoms with Gasteiger partial charge in [0.2, 0.25) is 0 Å². The molecule has 0 saturated heterocycles. The fourth-order valence-electron chi connectivity index (χ4n) is 1.77. The standard InChI is InChI=1S/C13H16ClN3S/c1-13(2,3)9-5-4-6-10(14)12(9)15-7-11-17-16-8-18-11/h4-6,8,15H,7H2,1-3H3. The molecule has 0 atom stereocenters. The minimum atomic E-state index is 0.0500. The predicted molar refractivity (Wildman–Crippen MR) is 77.4 cm³/mol. The SMILES string of the molecule is CC(C)(C)c1cccc(Cl)c1NCc1nncs1. The van der Waals surface area contributed by atoms with Crippen molar-refractivity contribution in [1.29, 1.82) is 0 Å². The lowest BCUT2D eigenvalue weighted by molar-refractivity contribution is 0.591. The Balaban J connectivity index is 2.26. The summed E-state index contributed by atoms with van der Waals surface area (Å²) < 4.78 is 0. The van der Waals surface area contributed by atoms with Crippen molar-refractivity contribution < 1.29 is 0 Å². The Morgan fingerprint density at radius 1 is 1.33 bits per heavy atom. The summed E-state index contributed by atoms with van der Waals surface area (Å²) >= 11 is 7.81. The molecule has 3 nitrogen and oxygen atoms in total. The Kier molecular flexibility index (Phi) is 3.88. The van der Waals surface area contributed by atoms with Gasteiger partial charge in [-0.15, -0.1) is 21.5 Å². The maximum Gasteiger partial charge on any atom is 0.136 e. The van der Waals surface area contributed by atoms with E-state index in [0.29, 0.717) is 6.54 Å². The molecule has 0 aliphatic carbocycles. The Morgan fingerprint density at radius 3 is 2.72 bits per heavy atom. The van der Waals surface area contributed by atoms with Gasteiger partial charge in [-0.2, -0.15) is 0 Å². The van der Waals surface area contributed by atoms with Crippen LogP contribution in [-0.2, 0) is 12.0 Å². The van der Waals surface area contributed by atoms with Gasteiger partial charge in [0.15, 0.2) is 0 Å². The van der Waals surface area contributed by atoms with Crippen molar-refractivity contribution in [2.45, 2.75) is 32.7 Å². The van der Waals surface area contributed by atoms with E-state index >= 15 is 0 Å². The van der Waals surface area contributed by atoms with Crippen molar-refractivity contribution >= 4 is 28.6 Å². The number of nitrogens with one attached hydrogen (secondary N) is 1. The van der Waals surface area contributed by atoms with Crippen LogP contribution >= 0.6 is 22.9 Å². The maximum atomic E-state index is 6.28. The van der Waals surface area contributed by atoms with Gasteiger partial charge in [-0.05, 0) is 17.0 Å². The number of rotatable bonds is 3. The van der Waals surface area contributed by atoms with Crippen LogP contribution in [-0.4, -0.2) is 10.2 Å². The molecule has 1 aromatic heterocycles. The second kappa shape index (κ2) is 5.24. The topological polar surface area (TPSA) is 37.8 Å². The van der Waals surface area contributed by atoms with E-state index in [1.807, 2.05) is 12.1 Å². The van der Waals surface area contributed by atoms with Crippen molar-refractivity contribution in [3.63, 3.8) is 0 Å². The molecule has 2 aromatic rings. The fourth-order valence-corrected chi connectivity index (χ4v) is 2.47. The van der Waals surface area contributed by atoms with Crippen molar-refractivity contribution in [1.82, 2.24) is 10.2 Å². The number of aromatic nitrogens is 2. The van der Waals surface area contributed by atoms with Crippen LogP contribution in [0.3, 0.4) is 0 Å². The highest BCUT2D eigenvalue weighted by Gasteiger charge is 2.19. The second-order valence-electron chi connectivity index (χ2n) is 5.10. The third-order valence-corrected chi connectivity index (χ3v) is 3.66. The highest BCUT2D eigenvalue weighted by molar-refractivity contribution is 7.09. The van der Waals surface area contributed by atoms with E-state index in [9.17, 15) is 0 Å². The summed E-state index contributed by atoms with van der Waals surface area (Å²) in [6, 6.07) is 5.99. The molecule has 0 fully saturated rings. The first kappa shape index (κ1) is 13.3. The summed E-state index contributed by atoms with van der Waals surface area (Å²) in [6.07, 6.45) is 0. The molecular weight excluding hydrogens is 266 g/mol. The van der Waals surface area contributed by atoms with Crippen molar-refractivity contribution in [2.75, 3.05) is 5.32 Å². The minimum Gasteiger partial charge on any atom is -0.377 e. The summed E-state index contributed by atoms with van der Waals surface area (Å²) in [5.74, 6) is 0. The molecule has 0 aliphatic rings. The van der Waals surface area contributed by atoms with Crippen LogP contribution in [0.5, 0.6) is 0 Å². The largest absolute Gasteiger partial charge is 0.377 e. The van der Waals surface area contributed by atoms with Gasteiger partial charge in [0.1, 0.15) is 10.5 Å². The van der Waals surface area contributed by atoms with Gasteiger partial charge in [-0.3, -0.25) is 0 Å². The lowest BCUT2D eigenvalue weighted by Crippen LogP contribution is -2.15. The first-order valence-electron chi connectivity index (χ1n) is 5.76. The van der Waals surface area contributed by atoms with E-state index in [1.54, 1.807) is 5.51 Å². The van der Waals surface area contributed by atoms with Crippen LogP contribution in [0.1, 0.15) is 31.3 Å². The third-order valence-electron chi connectivity index (χ3n) is 2.64. The van der Waals surface area contributed by atoms with Gasteiger partial charge in [-0.1, -0.05) is 44.5 Å². The van der Waals surface area contributed by atoms with E-state index in [4.69, 9.17) is 11.6 Å². The van der Waals surface area contributed by atoms with E-state index in [0.717, 1.165) is 15.7 Å². The van der Waals surface area contributed by atoms with Crippen LogP contribution < -0.4 is 5.32 Å². The number of halogens is 1. The average molecular weight is 282 g/mol. The molecule has 1 aromatic carbocycles. The molecule has 96 valence electrons. The van der Waals surface area contributed by atoms with Crippen LogP contribution in [0.2, 0.25) is 5.02 Å². The fraction of sp³-hybridized carbons (Fsp3) is 0.385. The monoisotopic (exact) mass is 281 g/mol. The van der Waals surface area contributed by atoms with E-state index in [2.05, 4.69) is 42.4 Å².